The molecule has 0 radical (unpaired) electrons. The van der Waals surface area contributed by atoms with E-state index in [9.17, 15) is 27.2 Å². The molecule has 6 nitrogen and oxygen atoms in total. The van der Waals surface area contributed by atoms with E-state index >= 15 is 0 Å². The molecule has 0 saturated heterocycles. The number of alkyl halides is 3. The van der Waals surface area contributed by atoms with Crippen molar-refractivity contribution in [2.45, 2.75) is 32.2 Å². The van der Waals surface area contributed by atoms with E-state index in [4.69, 9.17) is 4.74 Å². The molecule has 226 valence electrons. The summed E-state index contributed by atoms with van der Waals surface area (Å²) in [6.07, 6.45) is -2.16. The maximum Gasteiger partial charge on any atom is 0.416 e. The number of nitrogens with zero attached hydrogens (tertiary/aromatic N) is 3. The Morgan fingerprint density at radius 1 is 0.837 bits per heavy atom. The van der Waals surface area contributed by atoms with E-state index in [2.05, 4.69) is 0 Å². The maximum absolute atomic E-state index is 14.0. The molecule has 2 amide bonds. The van der Waals surface area contributed by atoms with Gasteiger partial charge in [0.25, 0.3) is 5.91 Å². The van der Waals surface area contributed by atoms with Crippen molar-refractivity contribution in [2.24, 2.45) is 0 Å². The van der Waals surface area contributed by atoms with Crippen molar-refractivity contribution in [1.82, 2.24) is 14.4 Å². The van der Waals surface area contributed by atoms with Crippen molar-refractivity contribution in [1.29, 1.82) is 0 Å². The molecule has 1 aromatic heterocycles. The van der Waals surface area contributed by atoms with Crippen LogP contribution in [-0.4, -0.2) is 53.0 Å². The molecule has 0 fully saturated rings. The van der Waals surface area contributed by atoms with Crippen LogP contribution in [0.15, 0.2) is 97.2 Å². The van der Waals surface area contributed by atoms with Gasteiger partial charge in [0, 0.05) is 50.8 Å². The van der Waals surface area contributed by atoms with E-state index in [1.54, 1.807) is 34.9 Å². The summed E-state index contributed by atoms with van der Waals surface area (Å²) in [7, 11) is 1.56. The number of rotatable bonds is 13. The lowest BCUT2D eigenvalue weighted by molar-refractivity contribution is -0.137. The largest absolute Gasteiger partial charge is 0.416 e. The van der Waals surface area contributed by atoms with Gasteiger partial charge < -0.3 is 19.1 Å². The molecule has 0 aliphatic rings. The van der Waals surface area contributed by atoms with Gasteiger partial charge in [0.15, 0.2) is 0 Å². The summed E-state index contributed by atoms with van der Waals surface area (Å²) >= 11 is 0. The number of hydrogen-bond acceptors (Lipinski definition) is 3. The molecule has 0 spiro atoms. The average Bonchev–Trinajstić information content (AvgIpc) is 3.42. The summed E-state index contributed by atoms with van der Waals surface area (Å²) in [4.78, 5) is 30.2. The van der Waals surface area contributed by atoms with Crippen molar-refractivity contribution in [3.63, 3.8) is 0 Å². The summed E-state index contributed by atoms with van der Waals surface area (Å²) in [6.45, 7) is 0.970. The molecule has 0 bridgehead atoms. The van der Waals surface area contributed by atoms with Crippen LogP contribution in [-0.2, 0) is 35.3 Å². The molecule has 4 aromatic rings. The second-order valence-corrected chi connectivity index (χ2v) is 10.1. The Bertz CT molecular complexity index is 1500. The van der Waals surface area contributed by atoms with E-state index in [0.717, 1.165) is 23.8 Å². The van der Waals surface area contributed by atoms with E-state index in [-0.39, 0.29) is 37.6 Å². The fourth-order valence-electron chi connectivity index (χ4n) is 4.75. The van der Waals surface area contributed by atoms with Crippen LogP contribution in [0.1, 0.15) is 39.2 Å². The van der Waals surface area contributed by atoms with Crippen molar-refractivity contribution >= 4 is 11.8 Å². The Morgan fingerprint density at radius 2 is 1.58 bits per heavy atom. The average molecular weight is 596 g/mol. The zero-order valence-corrected chi connectivity index (χ0v) is 23.8. The summed E-state index contributed by atoms with van der Waals surface area (Å²) in [5.74, 6) is -1.37. The predicted octanol–water partition coefficient (Wildman–Crippen LogP) is 6.40. The first kappa shape index (κ1) is 31.5. The molecule has 0 N–H and O–H groups in total. The first-order valence-electron chi connectivity index (χ1n) is 13.8. The normalized spacial score (nSPS) is 11.4. The molecule has 43 heavy (non-hydrogen) atoms. The third kappa shape index (κ3) is 9.02. The standard InChI is InChI=1S/C33H33F4N3O3/c1-43-18-8-17-39(23-30-15-7-16-38(30)22-26-11-5-13-28(19-26)33(35,36)37)31(41)24-40(21-25-9-3-2-4-10-25)32(42)27-12-6-14-29(34)20-27/h2-7,9-16,19-20H,8,17-18,21-24H2,1H3. The van der Waals surface area contributed by atoms with Crippen LogP contribution in [0.5, 0.6) is 0 Å². The smallest absolute Gasteiger partial charge is 0.385 e. The number of benzene rings is 3. The van der Waals surface area contributed by atoms with Gasteiger partial charge in [0.2, 0.25) is 5.91 Å². The first-order chi connectivity index (χ1) is 20.6. The fraction of sp³-hybridized carbons (Fsp3) is 0.273. The van der Waals surface area contributed by atoms with E-state index < -0.39 is 23.5 Å². The van der Waals surface area contributed by atoms with Gasteiger partial charge in [0.1, 0.15) is 12.4 Å². The van der Waals surface area contributed by atoms with Crippen molar-refractivity contribution in [3.05, 3.63) is 131 Å². The molecule has 1 heterocycles. The Morgan fingerprint density at radius 3 is 2.30 bits per heavy atom. The molecule has 3 aromatic carbocycles. The zero-order chi connectivity index (χ0) is 30.8. The monoisotopic (exact) mass is 595 g/mol. The number of carbonyl (C=O) groups is 2. The molecule has 0 aliphatic heterocycles. The minimum Gasteiger partial charge on any atom is -0.385 e. The van der Waals surface area contributed by atoms with Gasteiger partial charge in [-0.1, -0.05) is 48.5 Å². The lowest BCUT2D eigenvalue weighted by Gasteiger charge is -2.28. The molecule has 0 aliphatic carbocycles. The topological polar surface area (TPSA) is 54.8 Å². The lowest BCUT2D eigenvalue weighted by atomic mass is 10.1. The van der Waals surface area contributed by atoms with Gasteiger partial charge in [-0.05, 0) is 60.0 Å². The van der Waals surface area contributed by atoms with Crippen LogP contribution in [0, 0.1) is 5.82 Å². The summed E-state index contributed by atoms with van der Waals surface area (Å²) in [5.41, 5.74) is 1.40. The molecule has 0 unspecified atom stereocenters. The highest BCUT2D eigenvalue weighted by atomic mass is 19.4. The van der Waals surface area contributed by atoms with Crippen LogP contribution in [0.3, 0.4) is 0 Å². The highest BCUT2D eigenvalue weighted by Gasteiger charge is 2.30. The Labute approximate surface area is 248 Å². The van der Waals surface area contributed by atoms with Gasteiger partial charge in [-0.25, -0.2) is 4.39 Å². The molecule has 0 atom stereocenters. The van der Waals surface area contributed by atoms with E-state index in [1.807, 2.05) is 36.4 Å². The summed E-state index contributed by atoms with van der Waals surface area (Å²) < 4.78 is 60.7. The van der Waals surface area contributed by atoms with Crippen molar-refractivity contribution in [3.8, 4) is 0 Å². The third-order valence-electron chi connectivity index (χ3n) is 6.91. The fourth-order valence-corrected chi connectivity index (χ4v) is 4.75. The second kappa shape index (κ2) is 14.6. The molecule has 0 saturated carbocycles. The minimum absolute atomic E-state index is 0.129. The lowest BCUT2D eigenvalue weighted by Crippen LogP contribution is -2.43. The van der Waals surface area contributed by atoms with Gasteiger partial charge >= 0.3 is 6.18 Å². The van der Waals surface area contributed by atoms with Crippen LogP contribution in [0.25, 0.3) is 0 Å². The van der Waals surface area contributed by atoms with Crippen molar-refractivity contribution in [2.75, 3.05) is 26.8 Å². The third-order valence-corrected chi connectivity index (χ3v) is 6.91. The number of methoxy groups -OCH3 is 1. The number of amides is 2. The van der Waals surface area contributed by atoms with E-state index in [0.29, 0.717) is 30.8 Å². The Kier molecular flexibility index (Phi) is 10.7. The van der Waals surface area contributed by atoms with Crippen LogP contribution >= 0.6 is 0 Å². The van der Waals surface area contributed by atoms with Crippen molar-refractivity contribution < 1.29 is 31.9 Å². The first-order valence-corrected chi connectivity index (χ1v) is 13.8. The SMILES string of the molecule is COCCCN(Cc1cccn1Cc1cccc(C(F)(F)F)c1)C(=O)CN(Cc1ccccc1)C(=O)c1cccc(F)c1. The quantitative estimate of drug-likeness (QED) is 0.133. The second-order valence-electron chi connectivity index (χ2n) is 10.1. The number of halogens is 4. The van der Waals surface area contributed by atoms with Crippen LogP contribution in [0.4, 0.5) is 17.6 Å². The molecule has 4 rings (SSSR count). The highest BCUT2D eigenvalue weighted by Crippen LogP contribution is 2.29. The molecular weight excluding hydrogens is 562 g/mol. The maximum atomic E-state index is 14.0. The van der Waals surface area contributed by atoms with Gasteiger partial charge in [0.05, 0.1) is 12.1 Å². The number of aromatic nitrogens is 1. The number of carbonyl (C=O) groups excluding carboxylic acids is 2. The number of hydrogen-bond donors (Lipinski definition) is 0. The van der Waals surface area contributed by atoms with Crippen LogP contribution in [0.2, 0.25) is 0 Å². The van der Waals surface area contributed by atoms with Gasteiger partial charge in [-0.15, -0.1) is 0 Å². The predicted molar refractivity (Wildman–Crippen MR) is 154 cm³/mol. The van der Waals surface area contributed by atoms with Crippen LogP contribution < -0.4 is 0 Å². The molecular formula is C33H33F4N3O3. The number of ether oxygens (including phenoxy) is 1. The van der Waals surface area contributed by atoms with Gasteiger partial charge in [-0.3, -0.25) is 9.59 Å². The van der Waals surface area contributed by atoms with E-state index in [1.165, 1.54) is 29.2 Å². The summed E-state index contributed by atoms with van der Waals surface area (Å²) in [6, 6.07) is 23.3. The highest BCUT2D eigenvalue weighted by molar-refractivity contribution is 5.96. The Hall–Kier alpha value is -4.44. The van der Waals surface area contributed by atoms with Gasteiger partial charge in [-0.2, -0.15) is 13.2 Å². The Balaban J connectivity index is 1.56. The minimum atomic E-state index is -4.45. The molecule has 10 heteroatoms. The summed E-state index contributed by atoms with van der Waals surface area (Å²) in [5, 5.41) is 0. The zero-order valence-electron chi connectivity index (χ0n) is 23.8.